The second kappa shape index (κ2) is 8.57. The summed E-state index contributed by atoms with van der Waals surface area (Å²) in [5.41, 5.74) is 2.65. The Morgan fingerprint density at radius 2 is 1.67 bits per heavy atom. The number of benzene rings is 2. The van der Waals surface area contributed by atoms with Crippen molar-refractivity contribution in [1.29, 1.82) is 0 Å². The van der Waals surface area contributed by atoms with Gasteiger partial charge in [-0.1, -0.05) is 59.8 Å². The molecule has 0 aliphatic carbocycles. The molecule has 7 nitrogen and oxygen atoms in total. The highest BCUT2D eigenvalue weighted by atomic mass is 16.5. The van der Waals surface area contributed by atoms with Crippen molar-refractivity contribution in [2.24, 2.45) is 0 Å². The average molecular weight is 401 g/mol. The van der Waals surface area contributed by atoms with Crippen LogP contribution in [0, 0.1) is 0 Å². The third-order valence-electron chi connectivity index (χ3n) is 4.43. The van der Waals surface area contributed by atoms with Gasteiger partial charge in [0.05, 0.1) is 19.3 Å². The van der Waals surface area contributed by atoms with Gasteiger partial charge in [-0.2, -0.15) is 0 Å². The van der Waals surface area contributed by atoms with Gasteiger partial charge >= 0.3 is 5.97 Å². The molecule has 0 unspecified atom stereocenters. The van der Waals surface area contributed by atoms with Crippen LogP contribution in [0.25, 0.3) is 22.6 Å². The van der Waals surface area contributed by atoms with Crippen molar-refractivity contribution in [3.63, 3.8) is 0 Å². The normalized spacial score (nSPS) is 10.7. The third-order valence-corrected chi connectivity index (χ3v) is 4.43. The van der Waals surface area contributed by atoms with E-state index in [4.69, 9.17) is 9.15 Å². The number of ether oxygens (including phenoxy) is 1. The van der Waals surface area contributed by atoms with Gasteiger partial charge in [-0.25, -0.2) is 9.48 Å². The molecule has 150 valence electrons. The number of rotatable bonds is 6. The van der Waals surface area contributed by atoms with E-state index in [0.717, 1.165) is 16.7 Å². The number of carbonyl (C=O) groups is 1. The minimum atomic E-state index is -0.493. The number of esters is 1. The maximum absolute atomic E-state index is 12.2. The molecule has 0 amide bonds. The average Bonchev–Trinajstić information content (AvgIpc) is 3.23. The first-order valence-corrected chi connectivity index (χ1v) is 9.49. The van der Waals surface area contributed by atoms with Crippen molar-refractivity contribution < 1.29 is 13.9 Å². The Morgan fingerprint density at radius 3 is 2.33 bits per heavy atom. The third kappa shape index (κ3) is 4.35. The molecule has 4 rings (SSSR count). The molecule has 0 bridgehead atoms. The van der Waals surface area contributed by atoms with Gasteiger partial charge < -0.3 is 9.15 Å². The summed E-state index contributed by atoms with van der Waals surface area (Å²) < 4.78 is 12.4. The van der Waals surface area contributed by atoms with E-state index >= 15 is 0 Å². The molecule has 30 heavy (non-hydrogen) atoms. The van der Waals surface area contributed by atoms with Crippen LogP contribution < -0.4 is 5.43 Å². The Kier molecular flexibility index (Phi) is 5.52. The van der Waals surface area contributed by atoms with Crippen LogP contribution in [0.2, 0.25) is 0 Å². The van der Waals surface area contributed by atoms with Gasteiger partial charge in [0, 0.05) is 23.3 Å². The molecule has 2 aromatic carbocycles. The minimum Gasteiger partial charge on any atom is -0.461 e. The topological polar surface area (TPSA) is 87.2 Å². The van der Waals surface area contributed by atoms with E-state index < -0.39 is 5.97 Å². The van der Waals surface area contributed by atoms with Crippen LogP contribution in [0.3, 0.4) is 0 Å². The second-order valence-electron chi connectivity index (χ2n) is 6.61. The Bertz CT molecular complexity index is 1210. The summed E-state index contributed by atoms with van der Waals surface area (Å²) in [6.07, 6.45) is 1.55. The van der Waals surface area contributed by atoms with Gasteiger partial charge in [-0.05, 0) is 12.5 Å². The van der Waals surface area contributed by atoms with Crippen LogP contribution >= 0.6 is 0 Å². The number of nitrogens with zero attached hydrogens (tertiary/aromatic N) is 3. The van der Waals surface area contributed by atoms with E-state index in [1.807, 2.05) is 54.6 Å². The molecular weight excluding hydrogens is 382 g/mol. The van der Waals surface area contributed by atoms with Gasteiger partial charge in [-0.3, -0.25) is 4.79 Å². The molecule has 0 radical (unpaired) electrons. The Balaban J connectivity index is 1.54. The van der Waals surface area contributed by atoms with Crippen molar-refractivity contribution in [3.8, 4) is 22.6 Å². The number of aromatic nitrogens is 3. The first-order valence-electron chi connectivity index (χ1n) is 9.49. The molecule has 0 aliphatic rings. The monoisotopic (exact) mass is 401 g/mol. The van der Waals surface area contributed by atoms with Gasteiger partial charge in [0.2, 0.25) is 0 Å². The molecule has 4 aromatic rings. The molecular formula is C23H19N3O4. The molecule has 0 saturated carbocycles. The molecule has 0 saturated heterocycles. The predicted octanol–water partition coefficient (Wildman–Crippen LogP) is 3.79. The van der Waals surface area contributed by atoms with E-state index in [1.54, 1.807) is 17.8 Å². The van der Waals surface area contributed by atoms with Crippen molar-refractivity contribution in [1.82, 2.24) is 15.0 Å². The van der Waals surface area contributed by atoms with Crippen LogP contribution in [0.15, 0.2) is 82.1 Å². The van der Waals surface area contributed by atoms with Crippen molar-refractivity contribution >= 4 is 5.97 Å². The molecule has 0 N–H and O–H groups in total. The van der Waals surface area contributed by atoms with Gasteiger partial charge in [-0.15, -0.1) is 5.10 Å². The highest BCUT2D eigenvalue weighted by Gasteiger charge is 2.12. The lowest BCUT2D eigenvalue weighted by molar-refractivity contribution is 0.0519. The Labute approximate surface area is 172 Å². The lowest BCUT2D eigenvalue weighted by Gasteiger charge is -2.06. The maximum Gasteiger partial charge on any atom is 0.360 e. The van der Waals surface area contributed by atoms with E-state index in [0.29, 0.717) is 18.1 Å². The summed E-state index contributed by atoms with van der Waals surface area (Å²) in [6, 6.07) is 20.0. The number of hydrogen-bond donors (Lipinski definition) is 0. The first-order chi connectivity index (χ1) is 14.6. The Morgan fingerprint density at radius 1 is 1.00 bits per heavy atom. The summed E-state index contributed by atoms with van der Waals surface area (Å²) in [6.45, 7) is 2.47. The van der Waals surface area contributed by atoms with Crippen LogP contribution in [0.4, 0.5) is 0 Å². The molecule has 2 aromatic heterocycles. The van der Waals surface area contributed by atoms with E-state index in [-0.39, 0.29) is 17.7 Å². The lowest BCUT2D eigenvalue weighted by atomic mass is 10.1. The van der Waals surface area contributed by atoms with E-state index in [1.165, 1.54) is 12.1 Å². The molecule has 0 aliphatic heterocycles. The van der Waals surface area contributed by atoms with Crippen molar-refractivity contribution in [3.05, 3.63) is 94.4 Å². The molecule has 0 atom stereocenters. The lowest BCUT2D eigenvalue weighted by Crippen LogP contribution is -2.05. The van der Waals surface area contributed by atoms with Crippen molar-refractivity contribution in [2.75, 3.05) is 6.61 Å². The molecule has 0 fully saturated rings. The van der Waals surface area contributed by atoms with Crippen molar-refractivity contribution in [2.45, 2.75) is 13.5 Å². The fourth-order valence-electron chi connectivity index (χ4n) is 3.00. The standard InChI is InChI=1S/C23H19N3O4/c1-2-29-23(28)20-15-26(25-24-20)14-16-8-10-18(11-9-16)22-13-19(27)12-21(30-22)17-6-4-3-5-7-17/h3-13,15H,2,14H2,1H3. The predicted molar refractivity (Wildman–Crippen MR) is 111 cm³/mol. The van der Waals surface area contributed by atoms with Gasteiger partial charge in [0.1, 0.15) is 11.5 Å². The second-order valence-corrected chi connectivity index (χ2v) is 6.61. The molecule has 2 heterocycles. The molecule has 0 spiro atoms. The highest BCUT2D eigenvalue weighted by molar-refractivity contribution is 5.86. The number of carbonyl (C=O) groups excluding carboxylic acids is 1. The largest absolute Gasteiger partial charge is 0.461 e. The summed E-state index contributed by atoms with van der Waals surface area (Å²) in [5.74, 6) is 0.530. The zero-order valence-corrected chi connectivity index (χ0v) is 16.3. The Hall–Kier alpha value is -4.00. The smallest absolute Gasteiger partial charge is 0.360 e. The SMILES string of the molecule is CCOC(=O)c1cn(Cc2ccc(-c3cc(=O)cc(-c4ccccc4)o3)cc2)nn1. The summed E-state index contributed by atoms with van der Waals surface area (Å²) in [5, 5.41) is 7.79. The quantitative estimate of drug-likeness (QED) is 0.457. The van der Waals surface area contributed by atoms with Crippen LogP contribution in [0.5, 0.6) is 0 Å². The van der Waals surface area contributed by atoms with E-state index in [9.17, 15) is 9.59 Å². The highest BCUT2D eigenvalue weighted by Crippen LogP contribution is 2.25. The summed E-state index contributed by atoms with van der Waals surface area (Å²) >= 11 is 0. The van der Waals surface area contributed by atoms with Crippen LogP contribution in [-0.4, -0.2) is 27.6 Å². The summed E-state index contributed by atoms with van der Waals surface area (Å²) in [4.78, 5) is 23.8. The maximum atomic E-state index is 12.2. The first kappa shape index (κ1) is 19.3. The van der Waals surface area contributed by atoms with Gasteiger partial charge in [0.25, 0.3) is 0 Å². The number of hydrogen-bond acceptors (Lipinski definition) is 6. The summed E-state index contributed by atoms with van der Waals surface area (Å²) in [7, 11) is 0. The minimum absolute atomic E-state index is 0.117. The van der Waals surface area contributed by atoms with Crippen LogP contribution in [-0.2, 0) is 11.3 Å². The van der Waals surface area contributed by atoms with Crippen LogP contribution in [0.1, 0.15) is 23.0 Å². The fraction of sp³-hybridized carbons (Fsp3) is 0.130. The zero-order chi connectivity index (χ0) is 20.9. The van der Waals surface area contributed by atoms with E-state index in [2.05, 4.69) is 10.3 Å². The zero-order valence-electron chi connectivity index (χ0n) is 16.3. The molecule has 7 heteroatoms. The van der Waals surface area contributed by atoms with Gasteiger partial charge in [0.15, 0.2) is 11.1 Å². The fourth-order valence-corrected chi connectivity index (χ4v) is 3.00.